The van der Waals surface area contributed by atoms with Gasteiger partial charge in [-0.2, -0.15) is 0 Å². The molecule has 0 saturated heterocycles. The minimum absolute atomic E-state index is 0.0316. The Bertz CT molecular complexity index is 1020. The molecule has 0 spiro atoms. The highest BCUT2D eigenvalue weighted by molar-refractivity contribution is 7.18. The molecule has 0 aliphatic carbocycles. The summed E-state index contributed by atoms with van der Waals surface area (Å²) in [7, 11) is 1.93. The summed E-state index contributed by atoms with van der Waals surface area (Å²) in [6.07, 6.45) is 1.06. The molecule has 0 unspecified atom stereocenters. The van der Waals surface area contributed by atoms with Gasteiger partial charge in [0.2, 0.25) is 5.91 Å². The van der Waals surface area contributed by atoms with Gasteiger partial charge in [-0.15, -0.1) is 11.3 Å². The molecule has 158 valence electrons. The molecule has 6 nitrogen and oxygen atoms in total. The Hall–Kier alpha value is -2.64. The van der Waals surface area contributed by atoms with E-state index in [9.17, 15) is 4.79 Å². The number of fused-ring (bicyclic) bond motifs is 2. The van der Waals surface area contributed by atoms with E-state index in [1.165, 1.54) is 4.70 Å². The molecular formula is C23H27N3O3S. The van der Waals surface area contributed by atoms with Crippen LogP contribution in [-0.4, -0.2) is 42.1 Å². The second kappa shape index (κ2) is 9.02. The van der Waals surface area contributed by atoms with Crippen LogP contribution in [0.25, 0.3) is 10.2 Å². The fraction of sp³-hybridized carbons (Fsp3) is 0.391. The van der Waals surface area contributed by atoms with E-state index in [0.29, 0.717) is 26.2 Å². The number of hydrogen-bond donors (Lipinski definition) is 1. The number of carbonyl (C=O) groups is 1. The molecule has 0 saturated carbocycles. The van der Waals surface area contributed by atoms with Gasteiger partial charge in [0.25, 0.3) is 0 Å². The van der Waals surface area contributed by atoms with E-state index in [0.717, 1.165) is 39.6 Å². The quantitative estimate of drug-likeness (QED) is 0.595. The maximum absolute atomic E-state index is 12.5. The number of para-hydroxylation sites is 1. The van der Waals surface area contributed by atoms with Crippen molar-refractivity contribution in [1.29, 1.82) is 0 Å². The van der Waals surface area contributed by atoms with Gasteiger partial charge >= 0.3 is 0 Å². The Labute approximate surface area is 180 Å². The van der Waals surface area contributed by atoms with Crippen molar-refractivity contribution in [3.8, 4) is 11.5 Å². The van der Waals surface area contributed by atoms with Gasteiger partial charge in [-0.1, -0.05) is 12.1 Å². The molecular weight excluding hydrogens is 398 g/mol. The number of likely N-dealkylation sites (N-methyl/N-ethyl adjacent to an activating group) is 1. The number of carbonyl (C=O) groups excluding carboxylic acids is 1. The van der Waals surface area contributed by atoms with E-state index in [1.54, 1.807) is 11.3 Å². The fourth-order valence-corrected chi connectivity index (χ4v) is 4.73. The van der Waals surface area contributed by atoms with Gasteiger partial charge < -0.3 is 14.8 Å². The highest BCUT2D eigenvalue weighted by atomic mass is 32.1. The summed E-state index contributed by atoms with van der Waals surface area (Å²) in [5.74, 6) is 1.68. The van der Waals surface area contributed by atoms with Gasteiger partial charge in [0.05, 0.1) is 29.9 Å². The van der Waals surface area contributed by atoms with Crippen molar-refractivity contribution in [2.45, 2.75) is 39.5 Å². The lowest BCUT2D eigenvalue weighted by Gasteiger charge is -2.16. The van der Waals surface area contributed by atoms with Crippen LogP contribution in [0.15, 0.2) is 36.4 Å². The molecule has 1 aromatic heterocycles. The predicted octanol–water partition coefficient (Wildman–Crippen LogP) is 3.77. The van der Waals surface area contributed by atoms with E-state index in [4.69, 9.17) is 9.47 Å². The smallest absolute Gasteiger partial charge is 0.234 e. The standard InChI is InChI=1S/C23H27N3O3S/c1-4-28-19-10-16-9-15(2)29-20(16)11-17(19)12-24-22(27)13-26(3)14-23-25-18-7-5-6-8-21(18)30-23/h5-8,10-11,15H,4,9,12-14H2,1-3H3,(H,24,27)/t15-/m0/s1. The van der Waals surface area contributed by atoms with E-state index >= 15 is 0 Å². The molecule has 0 bridgehead atoms. The molecule has 4 rings (SSSR count). The first-order valence-corrected chi connectivity index (χ1v) is 11.1. The molecule has 3 aromatic rings. The van der Waals surface area contributed by atoms with Gasteiger partial charge in [0.15, 0.2) is 0 Å². The Morgan fingerprint density at radius 1 is 1.37 bits per heavy atom. The highest BCUT2D eigenvalue weighted by Gasteiger charge is 2.22. The van der Waals surface area contributed by atoms with Crippen LogP contribution in [0.3, 0.4) is 0 Å². The van der Waals surface area contributed by atoms with Crippen LogP contribution in [0.4, 0.5) is 0 Å². The van der Waals surface area contributed by atoms with Crippen LogP contribution in [-0.2, 0) is 24.3 Å². The Morgan fingerprint density at radius 2 is 2.20 bits per heavy atom. The number of aromatic nitrogens is 1. The van der Waals surface area contributed by atoms with Gasteiger partial charge in [-0.25, -0.2) is 4.98 Å². The molecule has 2 heterocycles. The van der Waals surface area contributed by atoms with E-state index < -0.39 is 0 Å². The molecule has 30 heavy (non-hydrogen) atoms. The van der Waals surface area contributed by atoms with Gasteiger partial charge in [0, 0.05) is 24.1 Å². The molecule has 1 amide bonds. The normalized spacial score (nSPS) is 15.3. The first-order chi connectivity index (χ1) is 14.5. The topological polar surface area (TPSA) is 63.7 Å². The third-order valence-electron chi connectivity index (χ3n) is 5.01. The number of hydrogen-bond acceptors (Lipinski definition) is 6. The van der Waals surface area contributed by atoms with Crippen molar-refractivity contribution in [2.24, 2.45) is 0 Å². The summed E-state index contributed by atoms with van der Waals surface area (Å²) >= 11 is 1.67. The Kier molecular flexibility index (Phi) is 6.20. The molecule has 1 aliphatic heterocycles. The number of thiazole rings is 1. The zero-order valence-electron chi connectivity index (χ0n) is 17.6. The van der Waals surface area contributed by atoms with Crippen LogP contribution >= 0.6 is 11.3 Å². The lowest BCUT2D eigenvalue weighted by Crippen LogP contribution is -2.34. The molecule has 1 N–H and O–H groups in total. The van der Waals surface area contributed by atoms with Crippen molar-refractivity contribution >= 4 is 27.5 Å². The van der Waals surface area contributed by atoms with Gasteiger partial charge in [-0.05, 0) is 45.2 Å². The Morgan fingerprint density at radius 3 is 3.00 bits per heavy atom. The van der Waals surface area contributed by atoms with Crippen LogP contribution in [0.5, 0.6) is 11.5 Å². The van der Waals surface area contributed by atoms with Gasteiger partial charge in [0.1, 0.15) is 22.6 Å². The average molecular weight is 426 g/mol. The third-order valence-corrected chi connectivity index (χ3v) is 6.03. The lowest BCUT2D eigenvalue weighted by atomic mass is 10.1. The molecule has 1 aliphatic rings. The zero-order chi connectivity index (χ0) is 21.1. The largest absolute Gasteiger partial charge is 0.494 e. The number of benzene rings is 2. The van der Waals surface area contributed by atoms with E-state index in [-0.39, 0.29) is 12.0 Å². The fourth-order valence-electron chi connectivity index (χ4n) is 3.68. The zero-order valence-corrected chi connectivity index (χ0v) is 18.4. The number of nitrogens with one attached hydrogen (secondary N) is 1. The molecule has 1 atom stereocenters. The number of nitrogens with zero attached hydrogens (tertiary/aromatic N) is 2. The average Bonchev–Trinajstić information content (AvgIpc) is 3.27. The monoisotopic (exact) mass is 425 g/mol. The van der Waals surface area contributed by atoms with Crippen molar-refractivity contribution in [2.75, 3.05) is 20.2 Å². The SMILES string of the molecule is CCOc1cc2c(cc1CNC(=O)CN(C)Cc1nc3ccccc3s1)O[C@@H](C)C2. The first-order valence-electron chi connectivity index (χ1n) is 10.3. The number of amides is 1. The van der Waals surface area contributed by atoms with Crippen molar-refractivity contribution in [3.63, 3.8) is 0 Å². The van der Waals surface area contributed by atoms with E-state index in [2.05, 4.69) is 23.3 Å². The van der Waals surface area contributed by atoms with Crippen molar-refractivity contribution < 1.29 is 14.3 Å². The van der Waals surface area contributed by atoms with Crippen LogP contribution < -0.4 is 14.8 Å². The maximum Gasteiger partial charge on any atom is 0.234 e. The second-order valence-corrected chi connectivity index (χ2v) is 8.77. The summed E-state index contributed by atoms with van der Waals surface area (Å²) in [4.78, 5) is 19.1. The second-order valence-electron chi connectivity index (χ2n) is 7.66. The molecule has 0 radical (unpaired) electrons. The summed E-state index contributed by atoms with van der Waals surface area (Å²) in [5.41, 5.74) is 3.11. The third kappa shape index (κ3) is 4.74. The van der Waals surface area contributed by atoms with Crippen LogP contribution in [0.1, 0.15) is 30.0 Å². The van der Waals surface area contributed by atoms with Crippen molar-refractivity contribution in [3.05, 3.63) is 52.5 Å². The molecule has 7 heteroatoms. The van der Waals surface area contributed by atoms with Gasteiger partial charge in [-0.3, -0.25) is 9.69 Å². The molecule has 0 fully saturated rings. The summed E-state index contributed by atoms with van der Waals surface area (Å²) in [5, 5.41) is 4.02. The summed E-state index contributed by atoms with van der Waals surface area (Å²) in [6.45, 7) is 5.96. The predicted molar refractivity (Wildman–Crippen MR) is 119 cm³/mol. The number of rotatable bonds is 8. The Balaban J connectivity index is 1.34. The summed E-state index contributed by atoms with van der Waals surface area (Å²) in [6, 6.07) is 12.1. The van der Waals surface area contributed by atoms with Crippen molar-refractivity contribution in [1.82, 2.24) is 15.2 Å². The summed E-state index contributed by atoms with van der Waals surface area (Å²) < 4.78 is 12.8. The van der Waals surface area contributed by atoms with Crippen LogP contribution in [0, 0.1) is 0 Å². The first kappa shape index (κ1) is 20.6. The lowest BCUT2D eigenvalue weighted by molar-refractivity contribution is -0.122. The minimum Gasteiger partial charge on any atom is -0.494 e. The maximum atomic E-state index is 12.5. The number of ether oxygens (including phenoxy) is 2. The van der Waals surface area contributed by atoms with E-state index in [1.807, 2.05) is 49.2 Å². The molecule has 2 aromatic carbocycles. The van der Waals surface area contributed by atoms with Crippen LogP contribution in [0.2, 0.25) is 0 Å². The highest BCUT2D eigenvalue weighted by Crippen LogP contribution is 2.35. The minimum atomic E-state index is -0.0316.